The fourth-order valence-corrected chi connectivity index (χ4v) is 3.75. The van der Waals surface area contributed by atoms with Crippen molar-refractivity contribution >= 4 is 13.1 Å². The lowest BCUT2D eigenvalue weighted by molar-refractivity contribution is -0.143. The molecule has 2 rings (SSSR count). The van der Waals surface area contributed by atoms with Gasteiger partial charge in [-0.25, -0.2) is 0 Å². The summed E-state index contributed by atoms with van der Waals surface area (Å²) in [5.41, 5.74) is 1.11. The highest BCUT2D eigenvalue weighted by atomic mass is 16.7. The summed E-state index contributed by atoms with van der Waals surface area (Å²) in [6, 6.07) is 4.07. The molecule has 174 valence electrons. The van der Waals surface area contributed by atoms with Crippen molar-refractivity contribution in [3.8, 4) is 5.75 Å². The van der Waals surface area contributed by atoms with Gasteiger partial charge < -0.3 is 19.2 Å². The van der Waals surface area contributed by atoms with Crippen molar-refractivity contribution in [2.24, 2.45) is 0 Å². The first-order chi connectivity index (χ1) is 13.9. The minimum atomic E-state index is -0.677. The molecule has 31 heavy (non-hydrogen) atoms. The average molecular weight is 432 g/mol. The van der Waals surface area contributed by atoms with Gasteiger partial charge in [0.05, 0.1) is 24.2 Å². The molecule has 6 heteroatoms. The van der Waals surface area contributed by atoms with E-state index in [1.54, 1.807) is 6.92 Å². The van der Waals surface area contributed by atoms with Crippen molar-refractivity contribution in [3.05, 3.63) is 28.8 Å². The molecule has 0 amide bonds. The molecule has 0 spiro atoms. The van der Waals surface area contributed by atoms with Crippen molar-refractivity contribution in [1.82, 2.24) is 0 Å². The molecule has 1 unspecified atom stereocenters. The lowest BCUT2D eigenvalue weighted by Gasteiger charge is -2.32. The molecule has 1 aliphatic heterocycles. The van der Waals surface area contributed by atoms with Crippen LogP contribution in [0, 0.1) is 0 Å². The Kier molecular flexibility index (Phi) is 7.00. The number of phenols is 1. The number of aromatic hydroxyl groups is 1. The van der Waals surface area contributed by atoms with E-state index in [1.165, 1.54) is 0 Å². The Bertz CT molecular complexity index is 798. The third kappa shape index (κ3) is 5.46. The third-order valence-electron chi connectivity index (χ3n) is 6.50. The SMILES string of the molecule is CCOC(=O)CC(B1OC(C)(C)C(C)(C)O1)c1cc(C(C)(C)C)cc(C(C)(C)C)c1O. The number of hydrogen-bond acceptors (Lipinski definition) is 5. The minimum absolute atomic E-state index is 0.0649. The molecule has 1 aromatic carbocycles. The van der Waals surface area contributed by atoms with E-state index in [4.69, 9.17) is 14.0 Å². The van der Waals surface area contributed by atoms with Crippen LogP contribution in [0.2, 0.25) is 0 Å². The maximum absolute atomic E-state index is 12.6. The first-order valence-electron chi connectivity index (χ1n) is 11.3. The van der Waals surface area contributed by atoms with Crippen LogP contribution in [0.4, 0.5) is 0 Å². The van der Waals surface area contributed by atoms with Crippen LogP contribution in [-0.2, 0) is 29.7 Å². The van der Waals surface area contributed by atoms with Crippen LogP contribution >= 0.6 is 0 Å². The summed E-state index contributed by atoms with van der Waals surface area (Å²) in [7, 11) is -0.677. The molecule has 1 N–H and O–H groups in total. The molecular formula is C25H41BO5. The number of ether oxygens (including phenoxy) is 1. The van der Waals surface area contributed by atoms with Crippen LogP contribution in [0.15, 0.2) is 12.1 Å². The summed E-state index contributed by atoms with van der Waals surface area (Å²) in [4.78, 5) is 12.6. The predicted octanol–water partition coefficient (Wildman–Crippen LogP) is 5.66. The summed E-state index contributed by atoms with van der Waals surface area (Å²) in [6.07, 6.45) is 0.0649. The second-order valence-electron chi connectivity index (χ2n) is 11.7. The molecule has 1 heterocycles. The lowest BCUT2D eigenvalue weighted by Crippen LogP contribution is -2.41. The Morgan fingerprint density at radius 3 is 1.97 bits per heavy atom. The smallest absolute Gasteiger partial charge is 0.466 e. The Morgan fingerprint density at radius 1 is 1.03 bits per heavy atom. The Balaban J connectivity index is 2.69. The van der Waals surface area contributed by atoms with Crippen molar-refractivity contribution in [3.63, 3.8) is 0 Å². The van der Waals surface area contributed by atoms with E-state index in [0.29, 0.717) is 12.2 Å². The molecule has 0 radical (unpaired) electrons. The van der Waals surface area contributed by atoms with Gasteiger partial charge in [0.25, 0.3) is 0 Å². The first kappa shape index (κ1) is 25.7. The van der Waals surface area contributed by atoms with Gasteiger partial charge in [-0.1, -0.05) is 53.7 Å². The molecule has 1 aliphatic rings. The van der Waals surface area contributed by atoms with E-state index in [9.17, 15) is 9.90 Å². The lowest BCUT2D eigenvalue weighted by atomic mass is 9.64. The van der Waals surface area contributed by atoms with Crippen LogP contribution in [0.25, 0.3) is 0 Å². The van der Waals surface area contributed by atoms with Gasteiger partial charge in [0, 0.05) is 5.82 Å². The number of esters is 1. The van der Waals surface area contributed by atoms with Crippen LogP contribution < -0.4 is 0 Å². The van der Waals surface area contributed by atoms with E-state index in [0.717, 1.165) is 11.1 Å². The van der Waals surface area contributed by atoms with Crippen molar-refractivity contribution in [2.45, 2.75) is 110 Å². The highest BCUT2D eigenvalue weighted by Gasteiger charge is 2.55. The van der Waals surface area contributed by atoms with E-state index >= 15 is 0 Å². The Labute approximate surface area is 189 Å². The van der Waals surface area contributed by atoms with E-state index in [2.05, 4.69) is 47.6 Å². The fraction of sp³-hybridized carbons (Fsp3) is 0.720. The van der Waals surface area contributed by atoms with Crippen LogP contribution in [0.1, 0.15) is 105 Å². The van der Waals surface area contributed by atoms with Gasteiger partial charge in [-0.2, -0.15) is 0 Å². The molecule has 0 aliphatic carbocycles. The average Bonchev–Trinajstić information content (AvgIpc) is 2.79. The van der Waals surface area contributed by atoms with E-state index in [-0.39, 0.29) is 29.0 Å². The molecule has 1 saturated heterocycles. The van der Waals surface area contributed by atoms with Gasteiger partial charge in [0.2, 0.25) is 0 Å². The van der Waals surface area contributed by atoms with Crippen LogP contribution in [0.5, 0.6) is 5.75 Å². The number of carbonyl (C=O) groups excluding carboxylic acids is 1. The standard InChI is InChI=1S/C25H41BO5/c1-12-29-20(27)15-19(26-30-24(8,9)25(10,11)31-26)17-13-16(22(2,3)4)14-18(21(17)28)23(5,6)7/h13-14,19,28H,12,15H2,1-11H3. The number of phenolic OH excluding ortho intramolecular Hbond substituents is 1. The summed E-state index contributed by atoms with van der Waals surface area (Å²) in [5.74, 6) is -0.631. The molecule has 1 aromatic rings. The molecule has 0 aromatic heterocycles. The van der Waals surface area contributed by atoms with Gasteiger partial charge >= 0.3 is 13.1 Å². The number of hydrogen-bond donors (Lipinski definition) is 1. The second kappa shape index (κ2) is 8.44. The zero-order valence-electron chi connectivity index (χ0n) is 21.3. The van der Waals surface area contributed by atoms with Crippen molar-refractivity contribution < 1.29 is 23.9 Å². The molecular weight excluding hydrogens is 391 g/mol. The van der Waals surface area contributed by atoms with Crippen molar-refractivity contribution in [2.75, 3.05) is 6.61 Å². The summed E-state index contributed by atoms with van der Waals surface area (Å²) >= 11 is 0. The maximum Gasteiger partial charge on any atom is 0.466 e. The highest BCUT2D eigenvalue weighted by molar-refractivity contribution is 6.48. The van der Waals surface area contributed by atoms with Gasteiger partial charge in [-0.05, 0) is 62.1 Å². The predicted molar refractivity (Wildman–Crippen MR) is 126 cm³/mol. The van der Waals surface area contributed by atoms with Crippen molar-refractivity contribution in [1.29, 1.82) is 0 Å². The minimum Gasteiger partial charge on any atom is -0.507 e. The van der Waals surface area contributed by atoms with Gasteiger partial charge in [0.1, 0.15) is 5.75 Å². The van der Waals surface area contributed by atoms with Gasteiger partial charge in [-0.15, -0.1) is 0 Å². The summed E-state index contributed by atoms with van der Waals surface area (Å²) < 4.78 is 17.9. The number of rotatable bonds is 5. The van der Waals surface area contributed by atoms with Crippen LogP contribution in [0.3, 0.4) is 0 Å². The van der Waals surface area contributed by atoms with E-state index < -0.39 is 24.1 Å². The quantitative estimate of drug-likeness (QED) is 0.481. The largest absolute Gasteiger partial charge is 0.507 e. The molecule has 0 saturated carbocycles. The monoisotopic (exact) mass is 432 g/mol. The Hall–Kier alpha value is -1.53. The normalized spacial score (nSPS) is 19.4. The fourth-order valence-electron chi connectivity index (χ4n) is 3.75. The number of benzene rings is 1. The number of carbonyl (C=O) groups is 1. The Morgan fingerprint density at radius 2 is 1.55 bits per heavy atom. The third-order valence-corrected chi connectivity index (χ3v) is 6.50. The first-order valence-corrected chi connectivity index (χ1v) is 11.3. The highest BCUT2D eigenvalue weighted by Crippen LogP contribution is 2.46. The molecule has 1 atom stereocenters. The molecule has 5 nitrogen and oxygen atoms in total. The van der Waals surface area contributed by atoms with Gasteiger partial charge in [0.15, 0.2) is 0 Å². The molecule has 0 bridgehead atoms. The zero-order valence-corrected chi connectivity index (χ0v) is 21.3. The van der Waals surface area contributed by atoms with Gasteiger partial charge in [-0.3, -0.25) is 4.79 Å². The summed E-state index contributed by atoms with van der Waals surface area (Å²) in [5, 5.41) is 11.4. The second-order valence-corrected chi connectivity index (χ2v) is 11.7. The molecule has 1 fully saturated rings. The summed E-state index contributed by atoms with van der Waals surface area (Å²) in [6.45, 7) is 22.7. The van der Waals surface area contributed by atoms with E-state index in [1.807, 2.05) is 33.8 Å². The van der Waals surface area contributed by atoms with Crippen LogP contribution in [-0.4, -0.2) is 36.0 Å². The maximum atomic E-state index is 12.6. The zero-order chi connectivity index (χ0) is 24.0. The topological polar surface area (TPSA) is 65.0 Å².